The normalized spacial score (nSPS) is 22.6. The molecule has 2 fully saturated rings. The predicted octanol–water partition coefficient (Wildman–Crippen LogP) is 5.77. The summed E-state index contributed by atoms with van der Waals surface area (Å²) >= 11 is 1.75. The molecule has 2 atom stereocenters. The summed E-state index contributed by atoms with van der Waals surface area (Å²) in [5, 5.41) is 8.09. The first-order chi connectivity index (χ1) is 16.1. The number of rotatable bonds is 5. The Hall–Kier alpha value is -2.45. The van der Waals surface area contributed by atoms with E-state index in [9.17, 15) is 0 Å². The molecule has 0 aliphatic carbocycles. The Morgan fingerprint density at radius 2 is 1.67 bits per heavy atom. The van der Waals surface area contributed by atoms with Crippen LogP contribution in [0.2, 0.25) is 0 Å². The number of piperidine rings is 1. The number of nitrogens with zero attached hydrogens (tertiary/aromatic N) is 5. The average molecular weight is 470 g/mol. The minimum Gasteiger partial charge on any atom is -0.369 e. The number of aromatic nitrogens is 3. The molecule has 2 aliphatic heterocycles. The van der Waals surface area contributed by atoms with Crippen LogP contribution in [0.4, 0.5) is 14.5 Å². The molecule has 8 heteroatoms. The molecule has 2 aliphatic rings. The van der Waals surface area contributed by atoms with E-state index in [0.717, 1.165) is 25.7 Å². The van der Waals surface area contributed by atoms with Crippen molar-refractivity contribution in [2.45, 2.75) is 56.5 Å². The molecule has 0 saturated carbocycles. The van der Waals surface area contributed by atoms with Crippen LogP contribution in [-0.4, -0.2) is 38.2 Å². The fourth-order valence-corrected chi connectivity index (χ4v) is 6.23. The summed E-state index contributed by atoms with van der Waals surface area (Å²) in [4.78, 5) is 1.95. The lowest BCUT2D eigenvalue weighted by atomic mass is 10.0. The molecule has 33 heavy (non-hydrogen) atoms. The molecule has 0 N–H and O–H groups in total. The third-order valence-electron chi connectivity index (χ3n) is 6.88. The van der Waals surface area contributed by atoms with Crippen LogP contribution in [0.15, 0.2) is 55.1 Å². The summed E-state index contributed by atoms with van der Waals surface area (Å²) < 4.78 is 34.5. The molecule has 3 heterocycles. The van der Waals surface area contributed by atoms with E-state index >= 15 is 8.78 Å². The second-order valence-corrected chi connectivity index (χ2v) is 10.3. The van der Waals surface area contributed by atoms with Crippen LogP contribution in [0.5, 0.6) is 0 Å². The zero-order valence-corrected chi connectivity index (χ0v) is 19.6. The number of hydrogen-bond donors (Lipinski definition) is 0. The molecule has 174 valence electrons. The van der Waals surface area contributed by atoms with Gasteiger partial charge in [0.25, 0.3) is 0 Å². The molecule has 2 aromatic carbocycles. The molecule has 0 unspecified atom stereocenters. The van der Waals surface area contributed by atoms with E-state index < -0.39 is 0 Å². The van der Waals surface area contributed by atoms with E-state index in [1.807, 2.05) is 15.5 Å². The van der Waals surface area contributed by atoms with Crippen molar-refractivity contribution < 1.29 is 8.78 Å². The summed E-state index contributed by atoms with van der Waals surface area (Å²) in [6.45, 7) is 3.91. The maximum absolute atomic E-state index is 15.1. The molecular weight excluding hydrogens is 440 g/mol. The van der Waals surface area contributed by atoms with Gasteiger partial charge < -0.3 is 9.47 Å². The van der Waals surface area contributed by atoms with E-state index in [2.05, 4.69) is 45.7 Å². The fourth-order valence-electron chi connectivity index (χ4n) is 4.86. The van der Waals surface area contributed by atoms with Gasteiger partial charge in [-0.05, 0) is 44.2 Å². The van der Waals surface area contributed by atoms with E-state index in [4.69, 9.17) is 0 Å². The van der Waals surface area contributed by atoms with Crippen molar-refractivity contribution in [1.29, 1.82) is 0 Å². The van der Waals surface area contributed by atoms with Crippen molar-refractivity contribution in [1.82, 2.24) is 19.1 Å². The van der Waals surface area contributed by atoms with Crippen LogP contribution >= 0.6 is 11.9 Å². The molecule has 2 saturated heterocycles. The first-order valence-electron chi connectivity index (χ1n) is 11.6. The number of benzene rings is 2. The molecular formula is C25H29F2N5S. The van der Waals surface area contributed by atoms with Crippen LogP contribution in [0.3, 0.4) is 0 Å². The SMILES string of the molecule is C[C@H]1CC[C@H](c2ccccc2)SN1Cc1cc(F)c(N2CCC(n3cnnc3)CC2)cc1F. The van der Waals surface area contributed by atoms with Crippen LogP contribution in [0, 0.1) is 11.6 Å². The lowest BCUT2D eigenvalue weighted by molar-refractivity contribution is 0.316. The summed E-state index contributed by atoms with van der Waals surface area (Å²) in [5.41, 5.74) is 2.07. The third kappa shape index (κ3) is 4.92. The van der Waals surface area contributed by atoms with E-state index in [0.29, 0.717) is 48.2 Å². The third-order valence-corrected chi connectivity index (χ3v) is 8.40. The maximum Gasteiger partial charge on any atom is 0.147 e. The minimum absolute atomic E-state index is 0.304. The van der Waals surface area contributed by atoms with Crippen molar-refractivity contribution in [3.63, 3.8) is 0 Å². The Morgan fingerprint density at radius 3 is 2.39 bits per heavy atom. The topological polar surface area (TPSA) is 37.2 Å². The molecule has 0 bridgehead atoms. The number of anilines is 1. The summed E-state index contributed by atoms with van der Waals surface area (Å²) in [7, 11) is 0. The molecule has 0 radical (unpaired) electrons. The Bertz CT molecular complexity index is 1050. The minimum atomic E-state index is -0.344. The van der Waals surface area contributed by atoms with Gasteiger partial charge in [-0.1, -0.05) is 42.3 Å². The first kappa shape index (κ1) is 22.3. The molecule has 5 nitrogen and oxygen atoms in total. The largest absolute Gasteiger partial charge is 0.369 e. The standard InChI is InChI=1S/C25H29F2N5S/c1-18-7-8-25(19-5-3-2-4-6-19)33-32(18)15-20-13-23(27)24(14-22(20)26)30-11-9-21(10-12-30)31-16-28-29-17-31/h2-6,13-14,16-18,21,25H,7-12,15H2,1H3/t18-,25+/m0/s1. The van der Waals surface area contributed by atoms with Gasteiger partial charge in [-0.25, -0.2) is 13.1 Å². The second kappa shape index (κ2) is 9.81. The van der Waals surface area contributed by atoms with Gasteiger partial charge >= 0.3 is 0 Å². The van der Waals surface area contributed by atoms with Gasteiger partial charge in [0.15, 0.2) is 0 Å². The van der Waals surface area contributed by atoms with Crippen molar-refractivity contribution in [2.24, 2.45) is 0 Å². The van der Waals surface area contributed by atoms with Crippen LogP contribution in [0.25, 0.3) is 0 Å². The van der Waals surface area contributed by atoms with Crippen LogP contribution in [0.1, 0.15) is 55.0 Å². The van der Waals surface area contributed by atoms with E-state index in [1.165, 1.54) is 17.7 Å². The fraction of sp³-hybridized carbons (Fsp3) is 0.440. The van der Waals surface area contributed by atoms with Crippen molar-refractivity contribution >= 4 is 17.6 Å². The summed E-state index contributed by atoms with van der Waals surface area (Å²) in [5.74, 6) is -0.676. The molecule has 0 spiro atoms. The van der Waals surface area contributed by atoms with Crippen molar-refractivity contribution in [2.75, 3.05) is 18.0 Å². The lowest BCUT2D eigenvalue weighted by Gasteiger charge is -2.37. The molecule has 3 aromatic rings. The molecule has 1 aromatic heterocycles. The van der Waals surface area contributed by atoms with Crippen LogP contribution < -0.4 is 4.90 Å². The highest BCUT2D eigenvalue weighted by Crippen LogP contribution is 2.43. The zero-order valence-electron chi connectivity index (χ0n) is 18.8. The highest BCUT2D eigenvalue weighted by Gasteiger charge is 2.29. The smallest absolute Gasteiger partial charge is 0.147 e. The van der Waals surface area contributed by atoms with Gasteiger partial charge in [0, 0.05) is 48.6 Å². The van der Waals surface area contributed by atoms with Gasteiger partial charge in [-0.3, -0.25) is 0 Å². The lowest BCUT2D eigenvalue weighted by Crippen LogP contribution is -2.35. The summed E-state index contributed by atoms with van der Waals surface area (Å²) in [6.07, 6.45) is 7.27. The predicted molar refractivity (Wildman–Crippen MR) is 128 cm³/mol. The second-order valence-electron chi connectivity index (χ2n) is 9.03. The zero-order chi connectivity index (χ0) is 22.8. The molecule has 5 rings (SSSR count). The summed E-state index contributed by atoms with van der Waals surface area (Å²) in [6, 6.07) is 13.8. The maximum atomic E-state index is 15.1. The van der Waals surface area contributed by atoms with E-state index in [1.54, 1.807) is 24.6 Å². The monoisotopic (exact) mass is 469 g/mol. The van der Waals surface area contributed by atoms with Crippen LogP contribution in [-0.2, 0) is 6.54 Å². The Balaban J connectivity index is 1.26. The van der Waals surface area contributed by atoms with Crippen molar-refractivity contribution in [3.05, 3.63) is 77.9 Å². The quantitative estimate of drug-likeness (QED) is 0.444. The van der Waals surface area contributed by atoms with E-state index in [-0.39, 0.29) is 11.6 Å². The number of hydrogen-bond acceptors (Lipinski definition) is 5. The highest BCUT2D eigenvalue weighted by atomic mass is 32.2. The van der Waals surface area contributed by atoms with Gasteiger partial charge in [0.1, 0.15) is 24.3 Å². The van der Waals surface area contributed by atoms with Gasteiger partial charge in [-0.15, -0.1) is 10.2 Å². The highest BCUT2D eigenvalue weighted by molar-refractivity contribution is 7.97. The first-order valence-corrected chi connectivity index (χ1v) is 12.5. The Kier molecular flexibility index (Phi) is 6.64. The van der Waals surface area contributed by atoms with Gasteiger partial charge in [0.2, 0.25) is 0 Å². The Labute approximate surface area is 197 Å². The number of halogens is 2. The van der Waals surface area contributed by atoms with Gasteiger partial charge in [-0.2, -0.15) is 0 Å². The Morgan fingerprint density at radius 1 is 0.939 bits per heavy atom. The van der Waals surface area contributed by atoms with Crippen molar-refractivity contribution in [3.8, 4) is 0 Å². The average Bonchev–Trinajstić information content (AvgIpc) is 3.38. The van der Waals surface area contributed by atoms with Gasteiger partial charge in [0.05, 0.1) is 5.69 Å². The molecule has 0 amide bonds.